The van der Waals surface area contributed by atoms with E-state index in [1.807, 2.05) is 23.1 Å². The number of alkyl halides is 3. The van der Waals surface area contributed by atoms with Gasteiger partial charge in [0.2, 0.25) is 0 Å². The van der Waals surface area contributed by atoms with Crippen LogP contribution in [-0.4, -0.2) is 55.2 Å². The summed E-state index contributed by atoms with van der Waals surface area (Å²) in [5.74, 6) is -0.0343. The van der Waals surface area contributed by atoms with Crippen molar-refractivity contribution in [1.29, 1.82) is 0 Å². The number of ether oxygens (including phenoxy) is 1. The number of carbonyl (C=O) groups excluding carboxylic acids is 1. The van der Waals surface area contributed by atoms with Gasteiger partial charge in [-0.3, -0.25) is 0 Å². The molecule has 0 radical (unpaired) electrons. The summed E-state index contributed by atoms with van der Waals surface area (Å²) in [5.41, 5.74) is 6.51. The van der Waals surface area contributed by atoms with Crippen LogP contribution in [0.15, 0.2) is 73.0 Å². The Morgan fingerprint density at radius 3 is 2.39 bits per heavy atom. The number of benzene rings is 1. The van der Waals surface area contributed by atoms with E-state index in [0.29, 0.717) is 39.4 Å². The summed E-state index contributed by atoms with van der Waals surface area (Å²) >= 11 is 0. The Balaban J connectivity index is 1.83. The lowest BCUT2D eigenvalue weighted by Gasteiger charge is -2.40. The number of carbonyl (C=O) groups is 1. The molecule has 1 aromatic rings. The number of morpholine rings is 1. The number of nitrogens with zero attached hydrogens (tertiary/aromatic N) is 2. The monoisotopic (exact) mass is 461 g/mol. The summed E-state index contributed by atoms with van der Waals surface area (Å²) in [4.78, 5) is 16.8. The molecule has 0 spiro atoms. The molecule has 5 nitrogen and oxygen atoms in total. The second-order valence-corrected chi connectivity index (χ2v) is 8.22. The molecular weight excluding hydrogens is 431 g/mol. The standard InChI is InChI=1S/C25H30F3N3O2/c1-2-3-19(10-11-29)4-5-20-16-22(21-6-8-23(9-7-21)25(26,27)28)18-31(17-20)24(32)30-12-14-33-15-13-30/h2-11,20,22H,1,12-18,29H2/b5-4+,11-10-,19-3-. The maximum absolute atomic E-state index is 13.2. The number of allylic oxidation sites excluding steroid dienone is 5. The number of amides is 2. The van der Waals surface area contributed by atoms with Crippen molar-refractivity contribution in [3.8, 4) is 0 Å². The van der Waals surface area contributed by atoms with Crippen LogP contribution in [-0.2, 0) is 10.9 Å². The summed E-state index contributed by atoms with van der Waals surface area (Å²) in [5, 5.41) is 0. The Kier molecular flexibility index (Phi) is 8.38. The number of hydrogen-bond acceptors (Lipinski definition) is 3. The van der Waals surface area contributed by atoms with Gasteiger partial charge in [-0.05, 0) is 47.9 Å². The summed E-state index contributed by atoms with van der Waals surface area (Å²) in [6.07, 6.45) is 7.01. The number of piperidine rings is 1. The number of urea groups is 1. The van der Waals surface area contributed by atoms with Crippen LogP contribution in [0.2, 0.25) is 0 Å². The number of nitrogens with two attached hydrogens (primary N) is 1. The molecule has 2 aliphatic rings. The van der Waals surface area contributed by atoms with Gasteiger partial charge in [0, 0.05) is 32.1 Å². The third-order valence-corrected chi connectivity index (χ3v) is 5.90. The molecule has 2 amide bonds. The highest BCUT2D eigenvalue weighted by Crippen LogP contribution is 2.34. The van der Waals surface area contributed by atoms with Gasteiger partial charge in [0.15, 0.2) is 0 Å². The van der Waals surface area contributed by atoms with E-state index in [-0.39, 0.29) is 17.9 Å². The lowest BCUT2D eigenvalue weighted by molar-refractivity contribution is -0.137. The van der Waals surface area contributed by atoms with Crippen LogP contribution in [0, 0.1) is 5.92 Å². The molecule has 2 unspecified atom stereocenters. The highest BCUT2D eigenvalue weighted by molar-refractivity contribution is 5.75. The molecule has 2 aliphatic heterocycles. The first-order valence-corrected chi connectivity index (χ1v) is 11.0. The molecule has 33 heavy (non-hydrogen) atoms. The highest BCUT2D eigenvalue weighted by Gasteiger charge is 2.34. The molecule has 2 atom stereocenters. The van der Waals surface area contributed by atoms with E-state index in [0.717, 1.165) is 29.7 Å². The van der Waals surface area contributed by atoms with Crippen LogP contribution in [0.4, 0.5) is 18.0 Å². The topological polar surface area (TPSA) is 58.8 Å². The molecule has 1 aromatic carbocycles. The van der Waals surface area contributed by atoms with Crippen molar-refractivity contribution < 1.29 is 22.7 Å². The van der Waals surface area contributed by atoms with E-state index < -0.39 is 11.7 Å². The molecule has 0 aliphatic carbocycles. The third kappa shape index (κ3) is 6.74. The summed E-state index contributed by atoms with van der Waals surface area (Å²) in [6, 6.07) is 5.21. The number of rotatable bonds is 5. The predicted octanol–water partition coefficient (Wildman–Crippen LogP) is 4.70. The molecule has 3 rings (SSSR count). The zero-order valence-electron chi connectivity index (χ0n) is 18.5. The van der Waals surface area contributed by atoms with E-state index >= 15 is 0 Å². The molecule has 0 bridgehead atoms. The quantitative estimate of drug-likeness (QED) is 0.647. The zero-order chi connectivity index (χ0) is 23.8. The molecule has 2 N–H and O–H groups in total. The molecule has 178 valence electrons. The second-order valence-electron chi connectivity index (χ2n) is 8.22. The summed E-state index contributed by atoms with van der Waals surface area (Å²) in [7, 11) is 0. The van der Waals surface area contributed by atoms with Crippen molar-refractivity contribution in [2.45, 2.75) is 18.5 Å². The summed E-state index contributed by atoms with van der Waals surface area (Å²) < 4.78 is 44.3. The van der Waals surface area contributed by atoms with E-state index in [1.54, 1.807) is 17.1 Å². The van der Waals surface area contributed by atoms with E-state index in [9.17, 15) is 18.0 Å². The Morgan fingerprint density at radius 2 is 1.79 bits per heavy atom. The van der Waals surface area contributed by atoms with Gasteiger partial charge in [-0.25, -0.2) is 4.79 Å². The second kappa shape index (κ2) is 11.2. The van der Waals surface area contributed by atoms with E-state index in [2.05, 4.69) is 6.58 Å². The first-order chi connectivity index (χ1) is 15.8. The Morgan fingerprint density at radius 1 is 1.09 bits per heavy atom. The lowest BCUT2D eigenvalue weighted by Crippen LogP contribution is -2.52. The highest BCUT2D eigenvalue weighted by atomic mass is 19.4. The fourth-order valence-electron chi connectivity index (χ4n) is 4.24. The third-order valence-electron chi connectivity index (χ3n) is 5.90. The van der Waals surface area contributed by atoms with Crippen molar-refractivity contribution in [3.63, 3.8) is 0 Å². The van der Waals surface area contributed by atoms with Crippen LogP contribution in [0.3, 0.4) is 0 Å². The van der Waals surface area contributed by atoms with Crippen LogP contribution in [0.5, 0.6) is 0 Å². The summed E-state index contributed by atoms with van der Waals surface area (Å²) in [6.45, 7) is 6.79. The first kappa shape index (κ1) is 24.6. The van der Waals surface area contributed by atoms with Gasteiger partial charge >= 0.3 is 12.2 Å². The number of halogens is 3. The van der Waals surface area contributed by atoms with E-state index in [1.165, 1.54) is 18.3 Å². The lowest BCUT2D eigenvalue weighted by atomic mass is 9.84. The Hall–Kier alpha value is -3.00. The molecule has 8 heteroatoms. The van der Waals surface area contributed by atoms with Gasteiger partial charge in [-0.2, -0.15) is 13.2 Å². The smallest absolute Gasteiger partial charge is 0.405 e. The van der Waals surface area contributed by atoms with Crippen molar-refractivity contribution >= 4 is 6.03 Å². The van der Waals surface area contributed by atoms with Gasteiger partial charge in [0.25, 0.3) is 0 Å². The molecular formula is C25H30F3N3O2. The molecule has 2 saturated heterocycles. The zero-order valence-corrected chi connectivity index (χ0v) is 18.5. The van der Waals surface area contributed by atoms with Gasteiger partial charge in [-0.15, -0.1) is 0 Å². The van der Waals surface area contributed by atoms with Crippen LogP contribution < -0.4 is 5.73 Å². The molecule has 2 heterocycles. The van der Waals surface area contributed by atoms with Crippen molar-refractivity contribution in [2.24, 2.45) is 11.7 Å². The van der Waals surface area contributed by atoms with Crippen molar-refractivity contribution in [3.05, 3.63) is 84.1 Å². The van der Waals surface area contributed by atoms with Gasteiger partial charge in [-0.1, -0.05) is 43.0 Å². The minimum atomic E-state index is -4.38. The number of likely N-dealkylation sites (tertiary alicyclic amines) is 1. The average Bonchev–Trinajstić information content (AvgIpc) is 2.82. The molecule has 0 saturated carbocycles. The Labute approximate surface area is 192 Å². The largest absolute Gasteiger partial charge is 0.416 e. The van der Waals surface area contributed by atoms with Crippen molar-refractivity contribution in [2.75, 3.05) is 39.4 Å². The van der Waals surface area contributed by atoms with E-state index in [4.69, 9.17) is 10.5 Å². The van der Waals surface area contributed by atoms with Crippen LogP contribution in [0.25, 0.3) is 0 Å². The predicted molar refractivity (Wildman–Crippen MR) is 122 cm³/mol. The fraction of sp³-hybridized carbons (Fsp3) is 0.400. The van der Waals surface area contributed by atoms with Gasteiger partial charge < -0.3 is 20.3 Å². The fourth-order valence-corrected chi connectivity index (χ4v) is 4.24. The number of hydrogen-bond donors (Lipinski definition) is 1. The first-order valence-electron chi connectivity index (χ1n) is 11.0. The SMILES string of the molecule is C=C/C=C(\C=C/N)/C=C/C1CC(c2ccc(C(F)(F)F)cc2)CN(C(=O)N2CCOCC2)C1. The van der Waals surface area contributed by atoms with Gasteiger partial charge in [0.1, 0.15) is 0 Å². The van der Waals surface area contributed by atoms with Crippen LogP contribution >= 0.6 is 0 Å². The van der Waals surface area contributed by atoms with Gasteiger partial charge in [0.05, 0.1) is 18.8 Å². The minimum Gasteiger partial charge on any atom is -0.405 e. The minimum absolute atomic E-state index is 0.0374. The molecule has 0 aromatic heterocycles. The van der Waals surface area contributed by atoms with Crippen LogP contribution in [0.1, 0.15) is 23.5 Å². The normalized spacial score (nSPS) is 22.8. The average molecular weight is 462 g/mol. The maximum Gasteiger partial charge on any atom is 0.416 e. The Bertz CT molecular complexity index is 900. The molecule has 2 fully saturated rings. The maximum atomic E-state index is 13.2. The van der Waals surface area contributed by atoms with Crippen molar-refractivity contribution in [1.82, 2.24) is 9.80 Å².